The SMILES string of the molecule is CC[N+](CCO)(CCO)Cc1ccccc1.Cc1ccc(N(CCOCCO)CCOCCO)cc1.Cc1ccc([N+](C)(CCOCCO)CCOCCO)cc1.[Cl-].[I-]. The van der Waals surface area contributed by atoms with Crippen molar-refractivity contribution >= 4 is 11.4 Å². The maximum absolute atomic E-state index is 9.14. The first kappa shape index (κ1) is 59.1. The zero-order valence-electron chi connectivity index (χ0n) is 36.0. The number of rotatable bonds is 29. The fraction of sp³-hybridized carbons (Fsp3) is 0.591. The van der Waals surface area contributed by atoms with E-state index >= 15 is 0 Å². The molecule has 0 aromatic heterocycles. The van der Waals surface area contributed by atoms with Crippen LogP contribution in [0.1, 0.15) is 23.6 Å². The Labute approximate surface area is 377 Å². The molecule has 0 aliphatic carbocycles. The second-order valence-corrected chi connectivity index (χ2v) is 14.0. The maximum Gasteiger partial charge on any atom is 0.132 e. The highest BCUT2D eigenvalue weighted by Crippen LogP contribution is 2.21. The summed E-state index contributed by atoms with van der Waals surface area (Å²) in [6.45, 7) is 16.8. The lowest BCUT2D eigenvalue weighted by molar-refractivity contribution is -0.939. The first-order valence-electron chi connectivity index (χ1n) is 20.2. The molecule has 3 rings (SSSR count). The van der Waals surface area contributed by atoms with E-state index in [2.05, 4.69) is 93.4 Å². The Morgan fingerprint density at radius 2 is 0.915 bits per heavy atom. The van der Waals surface area contributed by atoms with E-state index in [1.807, 2.05) is 18.2 Å². The summed E-state index contributed by atoms with van der Waals surface area (Å²) in [7, 11) is 2.15. The van der Waals surface area contributed by atoms with Crippen molar-refractivity contribution in [1.29, 1.82) is 0 Å². The number of likely N-dealkylation sites (N-methyl/N-ethyl adjacent to an activating group) is 2. The number of aliphatic hydroxyl groups excluding tert-OH is 6. The quantitative estimate of drug-likeness (QED) is 0.0236. The molecular weight excluding hydrogens is 893 g/mol. The minimum Gasteiger partial charge on any atom is -1.00 e. The van der Waals surface area contributed by atoms with Gasteiger partial charge in [0.05, 0.1) is 106 Å². The molecule has 0 fully saturated rings. The van der Waals surface area contributed by atoms with Gasteiger partial charge < -0.3 is 95.4 Å². The van der Waals surface area contributed by atoms with E-state index in [1.165, 1.54) is 22.4 Å². The van der Waals surface area contributed by atoms with Crippen LogP contribution in [0.3, 0.4) is 0 Å². The first-order chi connectivity index (χ1) is 27.7. The van der Waals surface area contributed by atoms with E-state index in [0.717, 1.165) is 49.4 Å². The van der Waals surface area contributed by atoms with E-state index in [9.17, 15) is 0 Å². The number of halogens is 2. The van der Waals surface area contributed by atoms with E-state index < -0.39 is 0 Å². The molecule has 3 aromatic carbocycles. The molecule has 0 saturated heterocycles. The van der Waals surface area contributed by atoms with Crippen LogP contribution in [0.4, 0.5) is 11.4 Å². The molecule has 0 amide bonds. The molecule has 0 heterocycles. The Bertz CT molecular complexity index is 1320. The normalized spacial score (nSPS) is 11.0. The predicted molar refractivity (Wildman–Crippen MR) is 228 cm³/mol. The number of aliphatic hydroxyl groups is 6. The molecule has 0 bridgehead atoms. The summed E-state index contributed by atoms with van der Waals surface area (Å²) in [5, 5.41) is 53.2. The Kier molecular flexibility index (Phi) is 37.8. The molecule has 0 aliphatic heterocycles. The summed E-state index contributed by atoms with van der Waals surface area (Å²) in [6.07, 6.45) is 0. The minimum atomic E-state index is 0. The van der Waals surface area contributed by atoms with E-state index in [-0.39, 0.29) is 76.0 Å². The van der Waals surface area contributed by atoms with Crippen LogP contribution in [0.5, 0.6) is 0 Å². The van der Waals surface area contributed by atoms with Gasteiger partial charge in [0.1, 0.15) is 38.4 Å². The number of aryl methyl sites for hydroxylation is 2. The van der Waals surface area contributed by atoms with Gasteiger partial charge >= 0.3 is 0 Å². The van der Waals surface area contributed by atoms with Gasteiger partial charge in [0, 0.05) is 24.3 Å². The molecule has 0 atom stereocenters. The third kappa shape index (κ3) is 26.8. The van der Waals surface area contributed by atoms with Crippen molar-refractivity contribution in [1.82, 2.24) is 4.48 Å². The zero-order chi connectivity index (χ0) is 42.0. The monoisotopic (exact) mass is 967 g/mol. The van der Waals surface area contributed by atoms with Gasteiger partial charge in [-0.15, -0.1) is 0 Å². The van der Waals surface area contributed by atoms with Crippen LogP contribution in [0, 0.1) is 13.8 Å². The van der Waals surface area contributed by atoms with E-state index in [1.54, 1.807) is 0 Å². The van der Waals surface area contributed by atoms with Gasteiger partial charge in [-0.05, 0) is 45.0 Å². The highest BCUT2D eigenvalue weighted by molar-refractivity contribution is 5.47. The van der Waals surface area contributed by atoms with Crippen LogP contribution < -0.4 is 45.8 Å². The molecule has 0 radical (unpaired) electrons. The molecule has 15 heteroatoms. The number of ether oxygens (including phenoxy) is 4. The number of quaternary nitrogens is 2. The highest BCUT2D eigenvalue weighted by atomic mass is 127. The standard InChI is InChI=1S/C16H28NO4.C15H25NO4.C13H22NO2.ClH.HI/c1-15-3-5-16(6-4-15)17(2,7-11-20-13-9-18)8-12-21-14-10-19;1-14-2-4-15(5-3-14)16(6-10-19-12-8-17)7-11-20-13-9-18;1-2-14(8-10-15,9-11-16)12-13-6-4-3-5-7-13;;/h3-6,18-19H,7-14H2,1-2H3;2-5,17-18H,6-13H2,1H3;3-7,15-16H,2,8-12H2,1H3;2*1H/q+1;;+1;;/p-2. The Hall–Kier alpha value is -2.00. The molecule has 6 N–H and O–H groups in total. The van der Waals surface area contributed by atoms with Gasteiger partial charge in [-0.25, -0.2) is 0 Å². The largest absolute Gasteiger partial charge is 1.00 e. The van der Waals surface area contributed by atoms with Gasteiger partial charge in [0.25, 0.3) is 0 Å². The number of hydrogen-bond acceptors (Lipinski definition) is 11. The summed E-state index contributed by atoms with van der Waals surface area (Å²) >= 11 is 0. The Morgan fingerprint density at radius 1 is 0.508 bits per heavy atom. The van der Waals surface area contributed by atoms with Crippen molar-refractivity contribution in [3.63, 3.8) is 0 Å². The van der Waals surface area contributed by atoms with Crippen LogP contribution in [0.15, 0.2) is 78.9 Å². The molecule has 13 nitrogen and oxygen atoms in total. The van der Waals surface area contributed by atoms with Crippen molar-refractivity contribution < 1.29 is 90.5 Å². The van der Waals surface area contributed by atoms with Gasteiger partial charge in [0.15, 0.2) is 0 Å². The van der Waals surface area contributed by atoms with Crippen LogP contribution >= 0.6 is 0 Å². The molecule has 340 valence electrons. The zero-order valence-corrected chi connectivity index (χ0v) is 38.9. The fourth-order valence-corrected chi connectivity index (χ4v) is 6.04. The smallest absolute Gasteiger partial charge is 0.132 e. The summed E-state index contributed by atoms with van der Waals surface area (Å²) in [5.74, 6) is 0. The molecule has 0 spiro atoms. The van der Waals surface area contributed by atoms with Crippen LogP contribution in [0.25, 0.3) is 0 Å². The lowest BCUT2D eigenvalue weighted by Crippen LogP contribution is -3.00. The average Bonchev–Trinajstić information content (AvgIpc) is 3.22. The number of benzene rings is 3. The summed E-state index contributed by atoms with van der Waals surface area (Å²) < 4.78 is 22.9. The first-order valence-corrected chi connectivity index (χ1v) is 20.2. The fourth-order valence-electron chi connectivity index (χ4n) is 6.04. The molecule has 0 unspecified atom stereocenters. The lowest BCUT2D eigenvalue weighted by atomic mass is 10.1. The lowest BCUT2D eigenvalue weighted by Gasteiger charge is -2.37. The summed E-state index contributed by atoms with van der Waals surface area (Å²) in [5.41, 5.74) is 6.04. The van der Waals surface area contributed by atoms with Crippen molar-refractivity contribution in [2.45, 2.75) is 27.3 Å². The molecule has 3 aromatic rings. The van der Waals surface area contributed by atoms with Crippen molar-refractivity contribution in [3.8, 4) is 0 Å². The molecule has 0 saturated carbocycles. The third-order valence-electron chi connectivity index (χ3n) is 9.65. The second kappa shape index (κ2) is 37.7. The van der Waals surface area contributed by atoms with Gasteiger partial charge in [0.2, 0.25) is 0 Å². The highest BCUT2D eigenvalue weighted by Gasteiger charge is 2.25. The third-order valence-corrected chi connectivity index (χ3v) is 9.65. The maximum atomic E-state index is 9.14. The second-order valence-electron chi connectivity index (χ2n) is 14.0. The van der Waals surface area contributed by atoms with Crippen molar-refractivity contribution in [2.75, 3.05) is 150 Å². The summed E-state index contributed by atoms with van der Waals surface area (Å²) in [4.78, 5) is 2.17. The van der Waals surface area contributed by atoms with Crippen LogP contribution in [-0.4, -0.2) is 180 Å². The summed E-state index contributed by atoms with van der Waals surface area (Å²) in [6, 6.07) is 27.0. The molecule has 0 aliphatic rings. The van der Waals surface area contributed by atoms with E-state index in [4.69, 9.17) is 49.6 Å². The minimum absolute atomic E-state index is 0. The number of anilines is 1. The number of nitrogens with zero attached hydrogens (tertiary/aromatic N) is 3. The van der Waals surface area contributed by atoms with Gasteiger partial charge in [-0.3, -0.25) is 4.48 Å². The predicted octanol–water partition coefficient (Wildman–Crippen LogP) is -3.21. The van der Waals surface area contributed by atoms with Gasteiger partial charge in [-0.2, -0.15) is 0 Å². The van der Waals surface area contributed by atoms with Crippen molar-refractivity contribution in [3.05, 3.63) is 95.6 Å². The Morgan fingerprint density at radius 3 is 1.31 bits per heavy atom. The molecule has 59 heavy (non-hydrogen) atoms. The van der Waals surface area contributed by atoms with Crippen LogP contribution in [0.2, 0.25) is 0 Å². The van der Waals surface area contributed by atoms with Gasteiger partial charge in [-0.1, -0.05) is 65.7 Å². The van der Waals surface area contributed by atoms with E-state index in [0.29, 0.717) is 70.4 Å². The average molecular weight is 968 g/mol. The number of hydrogen-bond donors (Lipinski definition) is 6. The topological polar surface area (TPSA) is 162 Å². The van der Waals surface area contributed by atoms with Crippen LogP contribution in [-0.2, 0) is 25.5 Å². The van der Waals surface area contributed by atoms with Crippen molar-refractivity contribution in [2.24, 2.45) is 0 Å². The Balaban J connectivity index is 0. The molecular formula is C44H75ClIN3O10.